The SMILES string of the molecule is CCCCCNC(=O)Nc1ccccc1C(OCCCn1cnc(-c2ccccc2)c1Cl)=S(=O)=O. The lowest BCUT2D eigenvalue weighted by Gasteiger charge is -2.13. The second-order valence-electron chi connectivity index (χ2n) is 7.80. The average Bonchev–Trinajstić information content (AvgIpc) is 3.23. The van der Waals surface area contributed by atoms with Crippen molar-refractivity contribution in [1.29, 1.82) is 0 Å². The van der Waals surface area contributed by atoms with Gasteiger partial charge in [0, 0.05) is 24.2 Å². The van der Waals surface area contributed by atoms with Crippen molar-refractivity contribution in [1.82, 2.24) is 14.9 Å². The molecule has 0 bridgehead atoms. The van der Waals surface area contributed by atoms with E-state index >= 15 is 0 Å². The van der Waals surface area contributed by atoms with Crippen molar-refractivity contribution in [2.75, 3.05) is 18.5 Å². The Balaban J connectivity index is 1.60. The molecule has 0 fully saturated rings. The lowest BCUT2D eigenvalue weighted by atomic mass is 10.2. The van der Waals surface area contributed by atoms with Crippen LogP contribution in [0.15, 0.2) is 60.9 Å². The van der Waals surface area contributed by atoms with E-state index in [1.165, 1.54) is 0 Å². The van der Waals surface area contributed by atoms with Crippen molar-refractivity contribution in [2.45, 2.75) is 39.2 Å². The Kier molecular flexibility index (Phi) is 10.3. The number of nitrogens with zero attached hydrogens (tertiary/aromatic N) is 2. The largest absolute Gasteiger partial charge is 0.338 e. The molecule has 10 heteroatoms. The maximum Gasteiger partial charge on any atom is 0.319 e. The first-order chi connectivity index (χ1) is 17.0. The molecule has 0 atom stereocenters. The quantitative estimate of drug-likeness (QED) is 0.276. The van der Waals surface area contributed by atoms with Crippen molar-refractivity contribution in [3.05, 3.63) is 71.6 Å². The van der Waals surface area contributed by atoms with Gasteiger partial charge in [0.05, 0.1) is 18.6 Å². The van der Waals surface area contributed by atoms with Gasteiger partial charge in [-0.3, -0.25) is 0 Å². The van der Waals surface area contributed by atoms with Crippen molar-refractivity contribution in [3.63, 3.8) is 0 Å². The number of anilines is 1. The molecule has 0 unspecified atom stereocenters. The van der Waals surface area contributed by atoms with E-state index in [1.807, 2.05) is 30.3 Å². The molecule has 0 radical (unpaired) electrons. The molecule has 0 saturated heterocycles. The molecule has 0 saturated carbocycles. The Morgan fingerprint density at radius 1 is 1.06 bits per heavy atom. The van der Waals surface area contributed by atoms with Crippen LogP contribution < -0.4 is 10.6 Å². The third-order valence-corrected chi connectivity index (χ3v) is 6.25. The number of carbonyl (C=O) groups is 1. The first-order valence-electron chi connectivity index (χ1n) is 11.5. The summed E-state index contributed by atoms with van der Waals surface area (Å²) in [7, 11) is -2.63. The topological polar surface area (TPSA) is 102 Å². The molecule has 0 spiro atoms. The van der Waals surface area contributed by atoms with Crippen LogP contribution in [0.25, 0.3) is 11.3 Å². The molecule has 0 aliphatic rings. The van der Waals surface area contributed by atoms with Gasteiger partial charge in [0.1, 0.15) is 10.8 Å². The molecular weight excluding hydrogens is 488 g/mol. The van der Waals surface area contributed by atoms with E-state index < -0.39 is 16.3 Å². The van der Waals surface area contributed by atoms with Gasteiger partial charge in [0.25, 0.3) is 0 Å². The van der Waals surface area contributed by atoms with Crippen LogP contribution in [0.4, 0.5) is 10.5 Å². The van der Waals surface area contributed by atoms with Crippen LogP contribution in [0.5, 0.6) is 0 Å². The number of amides is 2. The molecule has 2 N–H and O–H groups in total. The summed E-state index contributed by atoms with van der Waals surface area (Å²) in [5, 5.41) is 5.76. The summed E-state index contributed by atoms with van der Waals surface area (Å²) in [4.78, 5) is 16.6. The number of aromatic nitrogens is 2. The molecule has 2 amide bonds. The van der Waals surface area contributed by atoms with Crippen molar-refractivity contribution < 1.29 is 17.9 Å². The average molecular weight is 517 g/mol. The zero-order valence-electron chi connectivity index (χ0n) is 19.5. The number of para-hydroxylation sites is 1. The predicted molar refractivity (Wildman–Crippen MR) is 139 cm³/mol. The van der Waals surface area contributed by atoms with Crippen LogP contribution in [0, 0.1) is 0 Å². The predicted octanol–water partition coefficient (Wildman–Crippen LogP) is 4.98. The van der Waals surface area contributed by atoms with Gasteiger partial charge in [-0.2, -0.15) is 8.42 Å². The molecule has 1 heterocycles. The first kappa shape index (κ1) is 26.5. The van der Waals surface area contributed by atoms with Gasteiger partial charge in [-0.15, -0.1) is 0 Å². The van der Waals surface area contributed by atoms with Crippen LogP contribution in [0.3, 0.4) is 0 Å². The highest BCUT2D eigenvalue weighted by Crippen LogP contribution is 2.26. The Morgan fingerprint density at radius 2 is 1.80 bits per heavy atom. The molecule has 3 rings (SSSR count). The highest BCUT2D eigenvalue weighted by molar-refractivity contribution is 7.73. The normalized spacial score (nSPS) is 10.7. The number of urea groups is 1. The Morgan fingerprint density at radius 3 is 2.54 bits per heavy atom. The summed E-state index contributed by atoms with van der Waals surface area (Å²) in [5.74, 6) is 0. The first-order valence-corrected chi connectivity index (χ1v) is 13.0. The van der Waals surface area contributed by atoms with Crippen molar-refractivity contribution in [3.8, 4) is 11.3 Å². The smallest absolute Gasteiger partial charge is 0.319 e. The summed E-state index contributed by atoms with van der Waals surface area (Å²) in [5.41, 5.74) is 2.25. The van der Waals surface area contributed by atoms with Crippen LogP contribution in [-0.2, 0) is 21.6 Å². The minimum atomic E-state index is -2.63. The fraction of sp³-hybridized carbons (Fsp3) is 0.320. The minimum absolute atomic E-state index is 0.135. The van der Waals surface area contributed by atoms with Crippen LogP contribution in [0.1, 0.15) is 38.2 Å². The molecule has 3 aromatic rings. The number of halogens is 1. The molecule has 1 aromatic heterocycles. The number of hydrogen-bond acceptors (Lipinski definition) is 5. The van der Waals surface area contributed by atoms with E-state index in [0.29, 0.717) is 36.0 Å². The number of ether oxygens (including phenoxy) is 1. The van der Waals surface area contributed by atoms with E-state index in [9.17, 15) is 13.2 Å². The van der Waals surface area contributed by atoms with Gasteiger partial charge in [-0.25, -0.2) is 9.78 Å². The van der Waals surface area contributed by atoms with Gasteiger partial charge < -0.3 is 19.9 Å². The van der Waals surface area contributed by atoms with Crippen LogP contribution >= 0.6 is 11.6 Å². The lowest BCUT2D eigenvalue weighted by molar-refractivity contribution is 0.252. The molecule has 2 aromatic carbocycles. The number of hydrogen-bond donors (Lipinski definition) is 2. The maximum atomic E-state index is 12.2. The van der Waals surface area contributed by atoms with Gasteiger partial charge in [-0.1, -0.05) is 73.8 Å². The Labute approximate surface area is 211 Å². The van der Waals surface area contributed by atoms with Crippen LogP contribution in [-0.4, -0.2) is 42.2 Å². The fourth-order valence-electron chi connectivity index (χ4n) is 3.44. The zero-order chi connectivity index (χ0) is 25.0. The van der Waals surface area contributed by atoms with Gasteiger partial charge in [-0.05, 0) is 25.0 Å². The summed E-state index contributed by atoms with van der Waals surface area (Å²) < 4.78 is 31.3. The third-order valence-electron chi connectivity index (χ3n) is 5.21. The third kappa shape index (κ3) is 7.68. The number of carbonyl (C=O) groups excluding carboxylic acids is 1. The molecule has 0 aliphatic carbocycles. The summed E-state index contributed by atoms with van der Waals surface area (Å²) in [6.07, 6.45) is 5.11. The number of nitrogens with one attached hydrogen (secondary N) is 2. The van der Waals surface area contributed by atoms with Crippen molar-refractivity contribution in [2.24, 2.45) is 0 Å². The zero-order valence-corrected chi connectivity index (χ0v) is 21.1. The van der Waals surface area contributed by atoms with Crippen molar-refractivity contribution >= 4 is 38.7 Å². The van der Waals surface area contributed by atoms with E-state index in [2.05, 4.69) is 22.5 Å². The van der Waals surface area contributed by atoms with E-state index in [-0.39, 0.29) is 17.2 Å². The molecule has 35 heavy (non-hydrogen) atoms. The second-order valence-corrected chi connectivity index (χ2v) is 9.00. The monoisotopic (exact) mass is 516 g/mol. The Hall–Kier alpha value is -3.14. The van der Waals surface area contributed by atoms with Crippen LogP contribution in [0.2, 0.25) is 5.15 Å². The fourth-order valence-corrected chi connectivity index (χ4v) is 4.27. The number of benzene rings is 2. The van der Waals surface area contributed by atoms with Gasteiger partial charge >= 0.3 is 6.03 Å². The van der Waals surface area contributed by atoms with Gasteiger partial charge in [0.2, 0.25) is 15.3 Å². The Bertz CT molecular complexity index is 1250. The molecule has 0 aliphatic heterocycles. The highest BCUT2D eigenvalue weighted by atomic mass is 35.5. The number of imidazole rings is 1. The molecule has 8 nitrogen and oxygen atoms in total. The summed E-state index contributed by atoms with van der Waals surface area (Å²) in [6, 6.07) is 15.9. The minimum Gasteiger partial charge on any atom is -0.338 e. The maximum absolute atomic E-state index is 12.2. The van der Waals surface area contributed by atoms with Gasteiger partial charge in [0.15, 0.2) is 0 Å². The lowest BCUT2D eigenvalue weighted by Crippen LogP contribution is -2.30. The van der Waals surface area contributed by atoms with E-state index in [4.69, 9.17) is 16.3 Å². The number of rotatable bonds is 11. The molecular formula is C25H29ClN4O4S. The van der Waals surface area contributed by atoms with E-state index in [1.54, 1.807) is 35.2 Å². The summed E-state index contributed by atoms with van der Waals surface area (Å²) in [6.45, 7) is 3.27. The highest BCUT2D eigenvalue weighted by Gasteiger charge is 2.15. The number of aryl methyl sites for hydroxylation is 1. The molecule has 186 valence electrons. The number of unbranched alkanes of at least 4 members (excludes halogenated alkanes) is 2. The van der Waals surface area contributed by atoms with E-state index in [0.717, 1.165) is 24.8 Å². The second kappa shape index (κ2) is 13.7. The summed E-state index contributed by atoms with van der Waals surface area (Å²) >= 11 is 6.48. The standard InChI is InChI=1S/C25H29ClN4O4S/c1-2-3-9-15-27-25(31)29-21-14-8-7-13-20(21)24(35(32)33)34-17-10-16-30-18-28-22(23(30)26)19-11-5-4-6-12-19/h4-8,11-14,18H,2-3,9-10,15-17H2,1H3,(H2,27,29,31).